The van der Waals surface area contributed by atoms with Crippen molar-refractivity contribution in [2.45, 2.75) is 47.0 Å². The average Bonchev–Trinajstić information content (AvgIpc) is 2.91. The Labute approximate surface area is 225 Å². The van der Waals surface area contributed by atoms with Crippen LogP contribution in [0.3, 0.4) is 0 Å². The molecule has 0 bridgehead atoms. The molecule has 2 aliphatic rings. The van der Waals surface area contributed by atoms with E-state index in [9.17, 15) is 4.79 Å². The van der Waals surface area contributed by atoms with E-state index in [1.54, 1.807) is 12.2 Å². The van der Waals surface area contributed by atoms with Crippen LogP contribution in [0.1, 0.15) is 36.5 Å². The molecule has 2 unspecified atom stereocenters. The highest BCUT2D eigenvalue weighted by Gasteiger charge is 2.37. The van der Waals surface area contributed by atoms with E-state index in [4.69, 9.17) is 4.74 Å². The number of carbonyl (C=O) groups is 1. The molecule has 5 rings (SSSR count). The van der Waals surface area contributed by atoms with Crippen LogP contribution in [0.15, 0.2) is 114 Å². The third-order valence-electron chi connectivity index (χ3n) is 5.94. The predicted octanol–water partition coefficient (Wildman–Crippen LogP) is 7.23. The molecule has 2 aliphatic heterocycles. The average molecular weight is 518 g/mol. The van der Waals surface area contributed by atoms with Crippen LogP contribution in [-0.2, 0) is 20.9 Å². The van der Waals surface area contributed by atoms with Crippen LogP contribution >= 0.6 is 24.4 Å². The summed E-state index contributed by atoms with van der Waals surface area (Å²) in [6.07, 6.45) is 5.22. The molecule has 2 atom stereocenters. The van der Waals surface area contributed by atoms with Gasteiger partial charge in [0.2, 0.25) is 0 Å². The summed E-state index contributed by atoms with van der Waals surface area (Å²) < 4.78 is 5.77. The van der Waals surface area contributed by atoms with Gasteiger partial charge in [-0.15, -0.1) is 25.8 Å². The fourth-order valence-corrected chi connectivity index (χ4v) is 5.39. The van der Waals surface area contributed by atoms with Crippen molar-refractivity contribution in [2.24, 2.45) is 0 Å². The van der Waals surface area contributed by atoms with Gasteiger partial charge in [0.15, 0.2) is 4.93 Å². The summed E-state index contributed by atoms with van der Waals surface area (Å²) in [5, 5.41) is 3.37. The summed E-state index contributed by atoms with van der Waals surface area (Å²) in [5.74, 6) is 0.176. The second kappa shape index (κ2) is 14.2. The zero-order valence-corrected chi connectivity index (χ0v) is 22.6. The minimum atomic E-state index is -0.487. The Morgan fingerprint density at radius 1 is 0.972 bits per heavy atom. The van der Waals surface area contributed by atoms with Crippen LogP contribution in [0.2, 0.25) is 0 Å². The Morgan fingerprint density at radius 2 is 1.50 bits per heavy atom. The Bertz CT molecular complexity index is 1050. The molecule has 0 saturated carbocycles. The fourth-order valence-electron chi connectivity index (χ4n) is 3.98. The molecule has 0 aromatic heterocycles. The molecular formula is C31H35NO2S2. The number of hydrogen-bond donors (Lipinski definition) is 2. The Balaban J connectivity index is 0.000000158. The summed E-state index contributed by atoms with van der Waals surface area (Å²) in [6, 6.07) is 27.7. The topological polar surface area (TPSA) is 38.3 Å². The zero-order valence-electron chi connectivity index (χ0n) is 20.9. The van der Waals surface area contributed by atoms with Gasteiger partial charge in [0.05, 0.1) is 6.61 Å². The number of benzene rings is 3. The highest BCUT2D eigenvalue weighted by Crippen LogP contribution is 2.39. The van der Waals surface area contributed by atoms with Gasteiger partial charge in [-0.1, -0.05) is 90.6 Å². The quantitative estimate of drug-likeness (QED) is 0.216. The van der Waals surface area contributed by atoms with Crippen LogP contribution in [0.4, 0.5) is 0 Å². The summed E-state index contributed by atoms with van der Waals surface area (Å²) in [5.41, 5.74) is 4.02. The highest BCUT2D eigenvalue weighted by atomic mass is 32.2. The standard InChI is InChI=1S/C13H10S.C11H15NOS.C7H10O/c1-3-7-12-10(5-1)9-11-6-2-4-8-13(11)14-12;1-9-11(14,13-8-7-12-9)10-5-3-2-4-6-10;1-3-5-7(8)6-4-2/h1-8H,9H2;2-6,9,12,14H,7-8H2,1H3;3-4H,1-2,5-6H2. The smallest absolute Gasteiger partial charge is 0.151 e. The molecule has 36 heavy (non-hydrogen) atoms. The maximum absolute atomic E-state index is 10.5. The van der Waals surface area contributed by atoms with Gasteiger partial charge in [0.25, 0.3) is 0 Å². The third-order valence-corrected chi connectivity index (χ3v) is 7.95. The number of rotatable bonds is 5. The first-order valence-corrected chi connectivity index (χ1v) is 13.5. The number of morpholine rings is 1. The van der Waals surface area contributed by atoms with Gasteiger partial charge in [-0.2, -0.15) is 0 Å². The van der Waals surface area contributed by atoms with E-state index < -0.39 is 4.93 Å². The van der Waals surface area contributed by atoms with Crippen LogP contribution < -0.4 is 5.32 Å². The Hall–Kier alpha value is -2.57. The van der Waals surface area contributed by atoms with Crippen molar-refractivity contribution in [1.29, 1.82) is 0 Å². The highest BCUT2D eigenvalue weighted by molar-refractivity contribution is 7.99. The number of Topliss-reactive ketones (excluding diaryl/α,β-unsaturated/α-hetero) is 1. The van der Waals surface area contributed by atoms with Crippen molar-refractivity contribution in [1.82, 2.24) is 5.32 Å². The molecule has 1 saturated heterocycles. The lowest BCUT2D eigenvalue weighted by molar-refractivity contribution is -0.117. The second-order valence-corrected chi connectivity index (χ2v) is 10.4. The number of thiol groups is 1. The first kappa shape index (κ1) is 28.0. The van der Waals surface area contributed by atoms with Crippen LogP contribution in [-0.4, -0.2) is 25.0 Å². The molecule has 5 heteroatoms. The van der Waals surface area contributed by atoms with E-state index in [0.29, 0.717) is 19.4 Å². The molecule has 1 fully saturated rings. The van der Waals surface area contributed by atoms with Gasteiger partial charge < -0.3 is 10.1 Å². The molecule has 188 valence electrons. The Kier molecular flexibility index (Phi) is 11.1. The summed E-state index contributed by atoms with van der Waals surface area (Å²) in [7, 11) is 0. The van der Waals surface area contributed by atoms with Crippen molar-refractivity contribution in [3.8, 4) is 0 Å². The summed E-state index contributed by atoms with van der Waals surface area (Å²) in [4.78, 5) is 12.8. The van der Waals surface area contributed by atoms with E-state index >= 15 is 0 Å². The molecule has 0 amide bonds. The molecule has 1 N–H and O–H groups in total. The van der Waals surface area contributed by atoms with Gasteiger partial charge in [0, 0.05) is 35.2 Å². The van der Waals surface area contributed by atoms with Crippen molar-refractivity contribution in [3.05, 3.63) is 121 Å². The minimum Gasteiger partial charge on any atom is -0.357 e. The number of carbonyl (C=O) groups excluding carboxylic acids is 1. The lowest BCUT2D eigenvalue weighted by Gasteiger charge is -2.39. The molecular weight excluding hydrogens is 482 g/mol. The van der Waals surface area contributed by atoms with Crippen LogP contribution in [0.5, 0.6) is 0 Å². The van der Waals surface area contributed by atoms with Crippen molar-refractivity contribution in [3.63, 3.8) is 0 Å². The van der Waals surface area contributed by atoms with Gasteiger partial charge in [0.1, 0.15) is 5.78 Å². The van der Waals surface area contributed by atoms with E-state index in [1.165, 1.54) is 20.9 Å². The molecule has 2 heterocycles. The molecule has 3 aromatic rings. The largest absolute Gasteiger partial charge is 0.357 e. The van der Waals surface area contributed by atoms with Crippen LogP contribution in [0, 0.1) is 0 Å². The molecule has 0 spiro atoms. The Morgan fingerprint density at radius 3 is 2.03 bits per heavy atom. The first-order chi connectivity index (χ1) is 17.5. The van der Waals surface area contributed by atoms with E-state index in [-0.39, 0.29) is 11.8 Å². The predicted molar refractivity (Wildman–Crippen MR) is 155 cm³/mol. The first-order valence-electron chi connectivity index (χ1n) is 12.2. The van der Waals surface area contributed by atoms with Crippen LogP contribution in [0.25, 0.3) is 0 Å². The van der Waals surface area contributed by atoms with E-state index in [1.807, 2.05) is 30.0 Å². The second-order valence-electron chi connectivity index (χ2n) is 8.61. The summed E-state index contributed by atoms with van der Waals surface area (Å²) in [6.45, 7) is 10.6. The molecule has 3 aromatic carbocycles. The maximum atomic E-state index is 10.5. The molecule has 0 radical (unpaired) electrons. The monoisotopic (exact) mass is 517 g/mol. The lowest BCUT2D eigenvalue weighted by atomic mass is 10.0. The fraction of sp³-hybridized carbons (Fsp3) is 0.258. The van der Waals surface area contributed by atoms with Gasteiger partial charge >= 0.3 is 0 Å². The van der Waals surface area contributed by atoms with E-state index in [2.05, 4.69) is 98.7 Å². The SMILES string of the molecule is C=CCC(=O)CC=C.CC1NCCOC1(S)c1ccccc1.c1ccc2c(c1)Cc1ccccc1S2. The minimum absolute atomic E-state index is 0.176. The molecule has 0 aliphatic carbocycles. The number of hydrogen-bond acceptors (Lipinski definition) is 5. The number of nitrogens with one attached hydrogen (secondary N) is 1. The van der Waals surface area contributed by atoms with Crippen molar-refractivity contribution in [2.75, 3.05) is 13.2 Å². The molecule has 3 nitrogen and oxygen atoms in total. The summed E-state index contributed by atoms with van der Waals surface area (Å²) >= 11 is 6.53. The van der Waals surface area contributed by atoms with Gasteiger partial charge in [-0.3, -0.25) is 4.79 Å². The van der Waals surface area contributed by atoms with E-state index in [0.717, 1.165) is 18.5 Å². The third kappa shape index (κ3) is 7.71. The number of ether oxygens (including phenoxy) is 1. The van der Waals surface area contributed by atoms with Gasteiger partial charge in [-0.25, -0.2) is 0 Å². The normalized spacial score (nSPS) is 19.7. The van der Waals surface area contributed by atoms with Crippen molar-refractivity contribution >= 4 is 30.2 Å². The zero-order chi connectivity index (χ0) is 25.8. The van der Waals surface area contributed by atoms with Crippen molar-refractivity contribution < 1.29 is 9.53 Å². The van der Waals surface area contributed by atoms with Gasteiger partial charge in [-0.05, 0) is 42.2 Å². The lowest BCUT2D eigenvalue weighted by Crippen LogP contribution is -2.51. The number of fused-ring (bicyclic) bond motifs is 2. The number of allylic oxidation sites excluding steroid dienone is 2. The number of ketones is 1. The maximum Gasteiger partial charge on any atom is 0.151 e.